The van der Waals surface area contributed by atoms with Gasteiger partial charge in [-0.25, -0.2) is 0 Å². The molecule has 0 atom stereocenters. The maximum atomic E-state index is 11.6. The Bertz CT molecular complexity index is 706. The third-order valence-corrected chi connectivity index (χ3v) is 7.36. The lowest BCUT2D eigenvalue weighted by Crippen LogP contribution is -2.46. The first-order valence-corrected chi connectivity index (χ1v) is 13.8. The van der Waals surface area contributed by atoms with Crippen LogP contribution in [0.25, 0.3) is 0 Å². The summed E-state index contributed by atoms with van der Waals surface area (Å²) in [5.74, 6) is 0. The summed E-state index contributed by atoms with van der Waals surface area (Å²) in [6.45, 7) is 10.4. The summed E-state index contributed by atoms with van der Waals surface area (Å²) in [5, 5.41) is 34.6. The first-order valence-electron chi connectivity index (χ1n) is 6.84. The summed E-state index contributed by atoms with van der Waals surface area (Å²) in [6.07, 6.45) is 0. The van der Waals surface area contributed by atoms with Crippen molar-refractivity contribution in [1.82, 2.24) is 0 Å². The van der Waals surface area contributed by atoms with Crippen molar-refractivity contribution in [3.05, 3.63) is 36.4 Å². The van der Waals surface area contributed by atoms with Crippen molar-refractivity contribution in [1.29, 1.82) is 0 Å². The van der Waals surface area contributed by atoms with Crippen LogP contribution in [0, 0.1) is 30.3 Å². The summed E-state index contributed by atoms with van der Waals surface area (Å²) < 4.78 is 0. The summed E-state index contributed by atoms with van der Waals surface area (Å²) in [6, 6.07) is 1.19. The van der Waals surface area contributed by atoms with Crippen molar-refractivity contribution < 1.29 is 14.8 Å². The van der Waals surface area contributed by atoms with Crippen molar-refractivity contribution in [2.24, 2.45) is 0 Å². The van der Waals surface area contributed by atoms with E-state index in [1.54, 1.807) is 39.3 Å². The van der Waals surface area contributed by atoms with Crippen LogP contribution in [0.3, 0.4) is 0 Å². The van der Waals surface area contributed by atoms with Gasteiger partial charge in [-0.3, -0.25) is 30.3 Å². The van der Waals surface area contributed by atoms with Gasteiger partial charge in [-0.2, -0.15) is 0 Å². The zero-order valence-electron chi connectivity index (χ0n) is 13.9. The average molecular weight is 357 g/mol. The fourth-order valence-corrected chi connectivity index (χ4v) is 5.80. The van der Waals surface area contributed by atoms with Gasteiger partial charge in [0, 0.05) is 11.3 Å². The highest BCUT2D eigenvalue weighted by molar-refractivity contribution is 6.92. The molecule has 126 valence electrons. The topological polar surface area (TPSA) is 129 Å². The highest BCUT2D eigenvalue weighted by Gasteiger charge is 2.46. The molecule has 0 aliphatic rings. The molecule has 1 aromatic carbocycles. The van der Waals surface area contributed by atoms with Crippen molar-refractivity contribution in [3.8, 4) is 0 Å². The van der Waals surface area contributed by atoms with Crippen LogP contribution in [0.1, 0.15) is 0 Å². The fourth-order valence-electron chi connectivity index (χ4n) is 2.46. The number of benzene rings is 1. The lowest BCUT2D eigenvalue weighted by Gasteiger charge is -2.21. The third-order valence-electron chi connectivity index (χ3n) is 3.37. The first-order chi connectivity index (χ1) is 10.2. The molecule has 0 aromatic heterocycles. The standard InChI is InChI=1S/C12H19N3O6Si2/c1-22(2,3)9-7-8(13(16)17)12(23(4,5)6)11(15(20)21)10(9)14(18)19/h7H,1-6H3. The fraction of sp³-hybridized carbons (Fsp3) is 0.500. The van der Waals surface area contributed by atoms with Gasteiger partial charge < -0.3 is 0 Å². The molecule has 0 fully saturated rings. The van der Waals surface area contributed by atoms with Crippen molar-refractivity contribution >= 4 is 43.6 Å². The molecule has 0 saturated carbocycles. The van der Waals surface area contributed by atoms with Crippen LogP contribution in [0.4, 0.5) is 17.1 Å². The van der Waals surface area contributed by atoms with Gasteiger partial charge >= 0.3 is 11.4 Å². The second-order valence-corrected chi connectivity index (χ2v) is 17.3. The molecule has 0 radical (unpaired) electrons. The van der Waals surface area contributed by atoms with Crippen LogP contribution in [-0.4, -0.2) is 30.9 Å². The molecular formula is C12H19N3O6Si2. The molecule has 0 N–H and O–H groups in total. The predicted octanol–water partition coefficient (Wildman–Crippen LogP) is 2.50. The monoisotopic (exact) mass is 357 g/mol. The second kappa shape index (κ2) is 5.81. The number of hydrogen-bond donors (Lipinski definition) is 0. The molecule has 1 aromatic rings. The lowest BCUT2D eigenvalue weighted by molar-refractivity contribution is -0.422. The molecule has 23 heavy (non-hydrogen) atoms. The molecule has 11 heteroatoms. The minimum Gasteiger partial charge on any atom is -0.258 e. The number of hydrogen-bond acceptors (Lipinski definition) is 6. The van der Waals surface area contributed by atoms with Gasteiger partial charge in [0.25, 0.3) is 5.69 Å². The minimum atomic E-state index is -2.58. The Kier molecular flexibility index (Phi) is 4.77. The van der Waals surface area contributed by atoms with Gasteiger partial charge in [0.1, 0.15) is 0 Å². The second-order valence-electron chi connectivity index (χ2n) is 7.29. The molecule has 0 bridgehead atoms. The molecule has 0 heterocycles. The summed E-state index contributed by atoms with van der Waals surface area (Å²) in [7, 11) is -4.99. The smallest absolute Gasteiger partial charge is 0.258 e. The molecule has 0 aliphatic carbocycles. The quantitative estimate of drug-likeness (QED) is 0.452. The zero-order valence-corrected chi connectivity index (χ0v) is 15.9. The average Bonchev–Trinajstić information content (AvgIpc) is 2.33. The van der Waals surface area contributed by atoms with E-state index in [4.69, 9.17) is 0 Å². The van der Waals surface area contributed by atoms with Crippen LogP contribution >= 0.6 is 0 Å². The lowest BCUT2D eigenvalue weighted by atomic mass is 10.2. The third kappa shape index (κ3) is 3.61. The highest BCUT2D eigenvalue weighted by atomic mass is 28.3. The normalized spacial score (nSPS) is 12.1. The van der Waals surface area contributed by atoms with Gasteiger partial charge in [-0.15, -0.1) is 0 Å². The minimum absolute atomic E-state index is 0.0822. The summed E-state index contributed by atoms with van der Waals surface area (Å²) >= 11 is 0. The Morgan fingerprint density at radius 2 is 1.17 bits per heavy atom. The van der Waals surface area contributed by atoms with Crippen LogP contribution < -0.4 is 10.4 Å². The van der Waals surface area contributed by atoms with Crippen LogP contribution in [0.2, 0.25) is 39.3 Å². The molecule has 0 unspecified atom stereocenters. The van der Waals surface area contributed by atoms with E-state index in [9.17, 15) is 30.3 Å². The highest BCUT2D eigenvalue weighted by Crippen LogP contribution is 2.32. The van der Waals surface area contributed by atoms with Crippen LogP contribution in [0.5, 0.6) is 0 Å². The van der Waals surface area contributed by atoms with E-state index in [0.717, 1.165) is 0 Å². The van der Waals surface area contributed by atoms with Gasteiger partial charge in [0.05, 0.1) is 36.1 Å². The van der Waals surface area contributed by atoms with E-state index >= 15 is 0 Å². The molecule has 0 amide bonds. The number of nitro benzene ring substituents is 3. The van der Waals surface area contributed by atoms with Crippen molar-refractivity contribution in [3.63, 3.8) is 0 Å². The van der Waals surface area contributed by atoms with Crippen LogP contribution in [-0.2, 0) is 0 Å². The van der Waals surface area contributed by atoms with E-state index in [2.05, 4.69) is 0 Å². The van der Waals surface area contributed by atoms with Crippen molar-refractivity contribution in [2.75, 3.05) is 0 Å². The largest absolute Gasteiger partial charge is 0.351 e. The van der Waals surface area contributed by atoms with E-state index in [-0.39, 0.29) is 16.1 Å². The molecular weight excluding hydrogens is 338 g/mol. The molecule has 0 aliphatic heterocycles. The zero-order chi connectivity index (χ0) is 18.3. The molecule has 0 spiro atoms. The summed E-state index contributed by atoms with van der Waals surface area (Å²) in [5.41, 5.74) is -1.67. The number of nitrogens with zero attached hydrogens (tertiary/aromatic N) is 3. The Morgan fingerprint density at radius 3 is 1.43 bits per heavy atom. The van der Waals surface area contributed by atoms with Crippen LogP contribution in [0.15, 0.2) is 6.07 Å². The van der Waals surface area contributed by atoms with Gasteiger partial charge in [0.15, 0.2) is 0 Å². The molecule has 1 rings (SSSR count). The molecule has 0 saturated heterocycles. The maximum absolute atomic E-state index is 11.6. The Hall–Kier alpha value is -2.15. The Balaban J connectivity index is 4.22. The van der Waals surface area contributed by atoms with Gasteiger partial charge in [-0.1, -0.05) is 39.3 Å². The molecule has 9 nitrogen and oxygen atoms in total. The SMILES string of the molecule is C[Si](C)(C)c1cc([N+](=O)[O-])c([Si](C)(C)C)c([N+](=O)[O-])c1[N+](=O)[O-]. The van der Waals surface area contributed by atoms with E-state index in [0.29, 0.717) is 0 Å². The van der Waals surface area contributed by atoms with E-state index in [1.165, 1.54) is 6.07 Å². The van der Waals surface area contributed by atoms with Crippen molar-refractivity contribution in [2.45, 2.75) is 39.3 Å². The van der Waals surface area contributed by atoms with E-state index in [1.807, 2.05) is 0 Å². The van der Waals surface area contributed by atoms with Gasteiger partial charge in [-0.05, 0) is 0 Å². The Labute approximate surface area is 134 Å². The number of rotatable bonds is 5. The van der Waals surface area contributed by atoms with Gasteiger partial charge in [0.2, 0.25) is 0 Å². The summed E-state index contributed by atoms with van der Waals surface area (Å²) in [4.78, 5) is 32.2. The number of nitro groups is 3. The van der Waals surface area contributed by atoms with E-state index < -0.39 is 42.3 Å². The maximum Gasteiger partial charge on any atom is 0.351 e. The first kappa shape index (κ1) is 18.9. The Morgan fingerprint density at radius 1 is 0.739 bits per heavy atom. The predicted molar refractivity (Wildman–Crippen MR) is 92.4 cm³/mol.